The van der Waals surface area contributed by atoms with Crippen molar-refractivity contribution in [3.63, 3.8) is 0 Å². The number of aryl methyl sites for hydroxylation is 1. The number of ether oxygens (including phenoxy) is 2. The average molecular weight is 351 g/mol. The molecule has 0 aliphatic rings. The molecule has 2 heterocycles. The fraction of sp³-hybridized carbons (Fsp3) is 0.250. The Labute approximate surface area is 152 Å². The van der Waals surface area contributed by atoms with Crippen LogP contribution in [0.2, 0.25) is 0 Å². The number of hydrogen-bond donors (Lipinski definition) is 1. The van der Waals surface area contributed by atoms with Gasteiger partial charge in [-0.3, -0.25) is 9.78 Å². The first-order valence-electron chi connectivity index (χ1n) is 8.43. The molecule has 1 amide bonds. The summed E-state index contributed by atoms with van der Waals surface area (Å²) >= 11 is 0. The molecule has 6 heteroatoms. The maximum atomic E-state index is 12.6. The lowest BCUT2D eigenvalue weighted by Crippen LogP contribution is -2.15. The molecule has 0 aliphatic carbocycles. The van der Waals surface area contributed by atoms with Crippen molar-refractivity contribution in [1.29, 1.82) is 0 Å². The van der Waals surface area contributed by atoms with Crippen molar-refractivity contribution in [1.82, 2.24) is 9.97 Å². The molecule has 0 spiro atoms. The highest BCUT2D eigenvalue weighted by Gasteiger charge is 2.13. The monoisotopic (exact) mass is 351 g/mol. The number of carbonyl (C=O) groups excluding carboxylic acids is 1. The number of nitrogens with zero attached hydrogens (tertiary/aromatic N) is 2. The van der Waals surface area contributed by atoms with Gasteiger partial charge >= 0.3 is 0 Å². The molecule has 0 saturated carbocycles. The van der Waals surface area contributed by atoms with Crippen LogP contribution in [0.25, 0.3) is 11.0 Å². The highest BCUT2D eigenvalue weighted by Crippen LogP contribution is 2.20. The van der Waals surface area contributed by atoms with Crippen LogP contribution in [0, 0.1) is 6.92 Å². The Morgan fingerprint density at radius 2 is 2.00 bits per heavy atom. The van der Waals surface area contributed by atoms with Crippen LogP contribution in [0.4, 0.5) is 5.69 Å². The van der Waals surface area contributed by atoms with E-state index in [1.807, 2.05) is 37.3 Å². The van der Waals surface area contributed by atoms with E-state index >= 15 is 0 Å². The minimum absolute atomic E-state index is 0.259. The molecule has 0 radical (unpaired) electrons. The average Bonchev–Trinajstić information content (AvgIpc) is 2.65. The van der Waals surface area contributed by atoms with E-state index < -0.39 is 0 Å². The lowest BCUT2D eigenvalue weighted by atomic mass is 10.1. The first kappa shape index (κ1) is 17.8. The van der Waals surface area contributed by atoms with Crippen LogP contribution in [-0.2, 0) is 4.74 Å². The number of methoxy groups -OCH3 is 1. The zero-order valence-electron chi connectivity index (χ0n) is 14.9. The second-order valence-electron chi connectivity index (χ2n) is 5.87. The van der Waals surface area contributed by atoms with E-state index in [1.54, 1.807) is 25.4 Å². The summed E-state index contributed by atoms with van der Waals surface area (Å²) in [6.07, 6.45) is 2.52. The van der Waals surface area contributed by atoms with Crippen molar-refractivity contribution in [2.45, 2.75) is 13.3 Å². The van der Waals surface area contributed by atoms with Crippen LogP contribution in [0.1, 0.15) is 22.5 Å². The molecule has 0 bridgehead atoms. The Bertz CT molecular complexity index is 912. The maximum Gasteiger partial charge on any atom is 0.274 e. The van der Waals surface area contributed by atoms with Crippen molar-refractivity contribution in [3.8, 4) is 5.75 Å². The van der Waals surface area contributed by atoms with Gasteiger partial charge in [0.2, 0.25) is 0 Å². The van der Waals surface area contributed by atoms with Crippen LogP contribution < -0.4 is 10.1 Å². The van der Waals surface area contributed by atoms with Gasteiger partial charge in [0.15, 0.2) is 0 Å². The molecule has 0 atom stereocenters. The summed E-state index contributed by atoms with van der Waals surface area (Å²) in [5, 5.41) is 2.88. The zero-order valence-corrected chi connectivity index (χ0v) is 14.9. The summed E-state index contributed by atoms with van der Waals surface area (Å²) in [6, 6.07) is 12.8. The Morgan fingerprint density at radius 3 is 2.85 bits per heavy atom. The minimum Gasteiger partial charge on any atom is -0.493 e. The number of anilines is 1. The smallest absolute Gasteiger partial charge is 0.274 e. The first-order valence-corrected chi connectivity index (χ1v) is 8.43. The summed E-state index contributed by atoms with van der Waals surface area (Å²) in [5.41, 5.74) is 3.29. The SMILES string of the molecule is COCCCOc1cccc(NC(=O)c2nc3cccnc3cc2C)c1. The van der Waals surface area contributed by atoms with Crippen molar-refractivity contribution in [2.75, 3.05) is 25.6 Å². The van der Waals surface area contributed by atoms with Gasteiger partial charge in [0, 0.05) is 38.1 Å². The van der Waals surface area contributed by atoms with Crippen LogP contribution in [0.5, 0.6) is 5.75 Å². The number of aromatic nitrogens is 2. The lowest BCUT2D eigenvalue weighted by Gasteiger charge is -2.10. The third-order valence-corrected chi connectivity index (χ3v) is 3.84. The summed E-state index contributed by atoms with van der Waals surface area (Å²) in [7, 11) is 1.66. The molecule has 3 aromatic rings. The quantitative estimate of drug-likeness (QED) is 0.658. The number of benzene rings is 1. The normalized spacial score (nSPS) is 10.7. The zero-order chi connectivity index (χ0) is 18.4. The van der Waals surface area contributed by atoms with Gasteiger partial charge in [0.25, 0.3) is 5.91 Å². The van der Waals surface area contributed by atoms with Crippen molar-refractivity contribution >= 4 is 22.6 Å². The van der Waals surface area contributed by atoms with E-state index in [-0.39, 0.29) is 5.91 Å². The van der Waals surface area contributed by atoms with Gasteiger partial charge < -0.3 is 14.8 Å². The van der Waals surface area contributed by atoms with Crippen LogP contribution >= 0.6 is 0 Å². The summed E-state index contributed by atoms with van der Waals surface area (Å²) in [4.78, 5) is 21.3. The first-order chi connectivity index (χ1) is 12.7. The molecule has 0 saturated heterocycles. The molecule has 3 rings (SSSR count). The van der Waals surface area contributed by atoms with E-state index in [9.17, 15) is 4.79 Å². The number of pyridine rings is 2. The predicted molar refractivity (Wildman–Crippen MR) is 101 cm³/mol. The topological polar surface area (TPSA) is 73.3 Å². The Morgan fingerprint density at radius 1 is 1.12 bits per heavy atom. The van der Waals surface area contributed by atoms with E-state index in [4.69, 9.17) is 9.47 Å². The molecule has 26 heavy (non-hydrogen) atoms. The fourth-order valence-electron chi connectivity index (χ4n) is 2.57. The van der Waals surface area contributed by atoms with Crippen LogP contribution in [-0.4, -0.2) is 36.2 Å². The Hall–Kier alpha value is -2.99. The van der Waals surface area contributed by atoms with Crippen LogP contribution in [0.3, 0.4) is 0 Å². The number of fused-ring (bicyclic) bond motifs is 1. The van der Waals surface area contributed by atoms with Crippen LogP contribution in [0.15, 0.2) is 48.7 Å². The third-order valence-electron chi connectivity index (χ3n) is 3.84. The summed E-state index contributed by atoms with van der Waals surface area (Å²) < 4.78 is 10.7. The molecular formula is C20H21N3O3. The van der Waals surface area contributed by atoms with Gasteiger partial charge in [0.05, 0.1) is 17.6 Å². The van der Waals surface area contributed by atoms with E-state index in [0.29, 0.717) is 35.9 Å². The molecule has 1 aromatic carbocycles. The summed E-state index contributed by atoms with van der Waals surface area (Å²) in [5.74, 6) is 0.441. The number of nitrogens with one attached hydrogen (secondary N) is 1. The number of amides is 1. The van der Waals surface area contributed by atoms with E-state index in [1.165, 1.54) is 0 Å². The van der Waals surface area contributed by atoms with E-state index in [2.05, 4.69) is 15.3 Å². The number of hydrogen-bond acceptors (Lipinski definition) is 5. The predicted octanol–water partition coefficient (Wildman–Crippen LogP) is 3.61. The molecule has 1 N–H and O–H groups in total. The van der Waals surface area contributed by atoms with Gasteiger partial charge in [0.1, 0.15) is 11.4 Å². The number of rotatable bonds is 7. The molecular weight excluding hydrogens is 330 g/mol. The summed E-state index contributed by atoms with van der Waals surface area (Å²) in [6.45, 7) is 3.06. The Kier molecular flexibility index (Phi) is 5.76. The number of carbonyl (C=O) groups is 1. The molecule has 0 unspecified atom stereocenters. The highest BCUT2D eigenvalue weighted by atomic mass is 16.5. The second kappa shape index (κ2) is 8.40. The van der Waals surface area contributed by atoms with Gasteiger partial charge in [-0.2, -0.15) is 0 Å². The second-order valence-corrected chi connectivity index (χ2v) is 5.87. The maximum absolute atomic E-state index is 12.6. The Balaban J connectivity index is 1.72. The van der Waals surface area contributed by atoms with Crippen molar-refractivity contribution in [2.24, 2.45) is 0 Å². The molecule has 6 nitrogen and oxygen atoms in total. The highest BCUT2D eigenvalue weighted by molar-refractivity contribution is 6.05. The lowest BCUT2D eigenvalue weighted by molar-refractivity contribution is 0.102. The van der Waals surface area contributed by atoms with E-state index in [0.717, 1.165) is 17.5 Å². The molecule has 0 fully saturated rings. The third kappa shape index (κ3) is 4.34. The van der Waals surface area contributed by atoms with Gasteiger partial charge in [-0.1, -0.05) is 6.07 Å². The minimum atomic E-state index is -0.259. The fourth-order valence-corrected chi connectivity index (χ4v) is 2.57. The van der Waals surface area contributed by atoms with Gasteiger partial charge in [-0.05, 0) is 42.8 Å². The molecule has 0 aliphatic heterocycles. The van der Waals surface area contributed by atoms with Crippen molar-refractivity contribution < 1.29 is 14.3 Å². The molecule has 134 valence electrons. The van der Waals surface area contributed by atoms with Crippen molar-refractivity contribution in [3.05, 3.63) is 59.9 Å². The largest absolute Gasteiger partial charge is 0.493 e. The molecule has 2 aromatic heterocycles. The standard InChI is InChI=1S/C20H21N3O3/c1-14-12-18-17(8-4-9-21-18)23-19(14)20(24)22-15-6-3-7-16(13-15)26-11-5-10-25-2/h3-4,6-9,12-13H,5,10-11H2,1-2H3,(H,22,24). The van der Waals surface area contributed by atoms with Gasteiger partial charge in [-0.15, -0.1) is 0 Å². The van der Waals surface area contributed by atoms with Gasteiger partial charge in [-0.25, -0.2) is 4.98 Å².